The topological polar surface area (TPSA) is 128 Å². The molecule has 5 unspecified atom stereocenters. The van der Waals surface area contributed by atoms with Crippen molar-refractivity contribution < 1.29 is 24.3 Å². The Bertz CT molecular complexity index is 871. The largest absolute Gasteiger partial charge is 0.480 e. The molecule has 9 nitrogen and oxygen atoms in total. The van der Waals surface area contributed by atoms with E-state index in [0.29, 0.717) is 32.2 Å². The van der Waals surface area contributed by atoms with Crippen molar-refractivity contribution in [3.05, 3.63) is 35.9 Å². The van der Waals surface area contributed by atoms with Crippen LogP contribution < -0.4 is 16.0 Å². The van der Waals surface area contributed by atoms with Gasteiger partial charge in [-0.15, -0.1) is 0 Å². The van der Waals surface area contributed by atoms with Gasteiger partial charge in [-0.3, -0.25) is 14.4 Å². The van der Waals surface area contributed by atoms with Gasteiger partial charge in [-0.05, 0) is 43.7 Å². The SMILES string of the molecule is CCC(C)C(NC(=O)C1CCCN1C(=O)C(Cc1ccccc1)NC(=O)C1CCCN1)C(=O)O. The zero-order chi connectivity index (χ0) is 24.7. The molecule has 4 N–H and O–H groups in total. The maximum atomic E-state index is 13.6. The van der Waals surface area contributed by atoms with Crippen molar-refractivity contribution in [3.63, 3.8) is 0 Å². The highest BCUT2D eigenvalue weighted by Gasteiger charge is 2.40. The van der Waals surface area contributed by atoms with E-state index < -0.39 is 30.0 Å². The average molecular weight is 473 g/mol. The Morgan fingerprint density at radius 1 is 1.09 bits per heavy atom. The highest BCUT2D eigenvalue weighted by Crippen LogP contribution is 2.21. The second kappa shape index (κ2) is 12.0. The van der Waals surface area contributed by atoms with E-state index >= 15 is 0 Å². The number of rotatable bonds is 10. The summed E-state index contributed by atoms with van der Waals surface area (Å²) in [4.78, 5) is 52.7. The lowest BCUT2D eigenvalue weighted by molar-refractivity contribution is -0.146. The minimum atomic E-state index is -1.09. The van der Waals surface area contributed by atoms with Gasteiger partial charge < -0.3 is 26.0 Å². The van der Waals surface area contributed by atoms with Crippen molar-refractivity contribution in [3.8, 4) is 0 Å². The molecule has 9 heteroatoms. The molecule has 2 aliphatic rings. The third-order valence-electron chi connectivity index (χ3n) is 6.89. The first-order valence-corrected chi connectivity index (χ1v) is 12.2. The van der Waals surface area contributed by atoms with E-state index in [0.717, 1.165) is 24.9 Å². The minimum absolute atomic E-state index is 0.213. The molecule has 2 saturated heterocycles. The molecule has 3 rings (SSSR count). The Kier molecular flexibility index (Phi) is 9.04. The van der Waals surface area contributed by atoms with Crippen LogP contribution in [-0.4, -0.2) is 71.0 Å². The standard InChI is InChI=1S/C25H36N4O5/c1-3-16(2)21(25(33)34)28-23(31)20-12-8-14-29(20)24(32)19(15-17-9-5-4-6-10-17)27-22(30)18-11-7-13-26-18/h4-6,9-10,16,18-21,26H,3,7-8,11-15H2,1-2H3,(H,27,30)(H,28,31)(H,33,34). The average Bonchev–Trinajstić information content (AvgIpc) is 3.54. The summed E-state index contributed by atoms with van der Waals surface area (Å²) in [5, 5.41) is 18.3. The van der Waals surface area contributed by atoms with E-state index in [-0.39, 0.29) is 23.8 Å². The predicted molar refractivity (Wildman–Crippen MR) is 127 cm³/mol. The summed E-state index contributed by atoms with van der Waals surface area (Å²) in [6, 6.07) is 6.55. The molecule has 2 fully saturated rings. The predicted octanol–water partition coefficient (Wildman–Crippen LogP) is 1.07. The van der Waals surface area contributed by atoms with Crippen molar-refractivity contribution in [2.24, 2.45) is 5.92 Å². The maximum absolute atomic E-state index is 13.6. The van der Waals surface area contributed by atoms with Gasteiger partial charge in [-0.2, -0.15) is 0 Å². The third-order valence-corrected chi connectivity index (χ3v) is 6.89. The van der Waals surface area contributed by atoms with Gasteiger partial charge in [-0.1, -0.05) is 50.6 Å². The highest BCUT2D eigenvalue weighted by atomic mass is 16.4. The number of hydrogen-bond donors (Lipinski definition) is 4. The third kappa shape index (κ3) is 6.34. The number of likely N-dealkylation sites (tertiary alicyclic amines) is 1. The molecule has 5 atom stereocenters. The number of carboxylic acids is 1. The van der Waals surface area contributed by atoms with Crippen LogP contribution in [0.5, 0.6) is 0 Å². The first-order valence-electron chi connectivity index (χ1n) is 12.2. The summed E-state index contributed by atoms with van der Waals surface area (Å²) in [6.45, 7) is 4.80. The number of nitrogens with zero attached hydrogens (tertiary/aromatic N) is 1. The smallest absolute Gasteiger partial charge is 0.326 e. The summed E-state index contributed by atoms with van der Waals surface area (Å²) in [7, 11) is 0. The molecule has 186 valence electrons. The van der Waals surface area contributed by atoms with Gasteiger partial charge in [0.1, 0.15) is 18.1 Å². The first kappa shape index (κ1) is 25.7. The molecular weight excluding hydrogens is 436 g/mol. The van der Waals surface area contributed by atoms with E-state index in [1.165, 1.54) is 4.90 Å². The Balaban J connectivity index is 1.75. The van der Waals surface area contributed by atoms with E-state index in [2.05, 4.69) is 16.0 Å². The van der Waals surface area contributed by atoms with E-state index in [1.54, 1.807) is 6.92 Å². The van der Waals surface area contributed by atoms with Crippen molar-refractivity contribution in [2.45, 2.75) is 76.5 Å². The molecule has 0 aliphatic carbocycles. The van der Waals surface area contributed by atoms with Gasteiger partial charge in [0.05, 0.1) is 6.04 Å². The van der Waals surface area contributed by atoms with Crippen molar-refractivity contribution in [1.29, 1.82) is 0 Å². The molecule has 0 aromatic heterocycles. The molecular formula is C25H36N4O5. The Hall–Kier alpha value is -2.94. The summed E-state index contributed by atoms with van der Waals surface area (Å²) in [5.74, 6) is -2.31. The lowest BCUT2D eigenvalue weighted by atomic mass is 9.98. The Morgan fingerprint density at radius 3 is 2.44 bits per heavy atom. The molecule has 0 saturated carbocycles. The van der Waals surface area contributed by atoms with Gasteiger partial charge in [0.2, 0.25) is 17.7 Å². The summed E-state index contributed by atoms with van der Waals surface area (Å²) < 4.78 is 0. The van der Waals surface area contributed by atoms with Crippen LogP contribution in [0.15, 0.2) is 30.3 Å². The monoisotopic (exact) mass is 472 g/mol. The van der Waals surface area contributed by atoms with Crippen LogP contribution in [0.3, 0.4) is 0 Å². The van der Waals surface area contributed by atoms with Crippen LogP contribution in [0.1, 0.15) is 51.5 Å². The fraction of sp³-hybridized carbons (Fsp3) is 0.600. The summed E-state index contributed by atoms with van der Waals surface area (Å²) in [6.07, 6.45) is 3.64. The second-order valence-corrected chi connectivity index (χ2v) is 9.30. The normalized spacial score (nSPS) is 22.6. The first-order chi connectivity index (χ1) is 16.3. The van der Waals surface area contributed by atoms with Crippen LogP contribution in [0.25, 0.3) is 0 Å². The molecule has 1 aromatic rings. The van der Waals surface area contributed by atoms with Crippen molar-refractivity contribution in [1.82, 2.24) is 20.9 Å². The number of nitrogens with one attached hydrogen (secondary N) is 3. The van der Waals surface area contributed by atoms with E-state index in [4.69, 9.17) is 0 Å². The number of amides is 3. The van der Waals surface area contributed by atoms with Crippen molar-refractivity contribution >= 4 is 23.7 Å². The number of carboxylic acid groups (broad SMARTS) is 1. The van der Waals surface area contributed by atoms with Crippen LogP contribution in [0.2, 0.25) is 0 Å². The van der Waals surface area contributed by atoms with Gasteiger partial charge in [0, 0.05) is 13.0 Å². The molecule has 3 amide bonds. The number of carbonyl (C=O) groups excluding carboxylic acids is 3. The highest BCUT2D eigenvalue weighted by molar-refractivity contribution is 5.94. The van der Waals surface area contributed by atoms with Crippen LogP contribution in [0, 0.1) is 5.92 Å². The fourth-order valence-corrected chi connectivity index (χ4v) is 4.67. The number of benzene rings is 1. The minimum Gasteiger partial charge on any atom is -0.480 e. The van der Waals surface area contributed by atoms with Gasteiger partial charge in [0.15, 0.2) is 0 Å². The number of carbonyl (C=O) groups is 4. The van der Waals surface area contributed by atoms with Gasteiger partial charge >= 0.3 is 5.97 Å². The second-order valence-electron chi connectivity index (χ2n) is 9.30. The quantitative estimate of drug-likeness (QED) is 0.403. The lowest BCUT2D eigenvalue weighted by Gasteiger charge is -2.30. The van der Waals surface area contributed by atoms with Gasteiger partial charge in [0.25, 0.3) is 0 Å². The molecule has 34 heavy (non-hydrogen) atoms. The van der Waals surface area contributed by atoms with Crippen LogP contribution in [0.4, 0.5) is 0 Å². The summed E-state index contributed by atoms with van der Waals surface area (Å²) in [5.41, 5.74) is 0.906. The molecule has 0 bridgehead atoms. The fourth-order valence-electron chi connectivity index (χ4n) is 4.67. The molecule has 0 radical (unpaired) electrons. The van der Waals surface area contributed by atoms with Crippen LogP contribution in [-0.2, 0) is 25.6 Å². The lowest BCUT2D eigenvalue weighted by Crippen LogP contribution is -2.57. The molecule has 2 aliphatic heterocycles. The number of aliphatic carboxylic acids is 1. The molecule has 1 aromatic carbocycles. The van der Waals surface area contributed by atoms with E-state index in [9.17, 15) is 24.3 Å². The maximum Gasteiger partial charge on any atom is 0.326 e. The molecule has 2 heterocycles. The zero-order valence-electron chi connectivity index (χ0n) is 20.0. The Labute approximate surface area is 200 Å². The van der Waals surface area contributed by atoms with E-state index in [1.807, 2.05) is 37.3 Å². The van der Waals surface area contributed by atoms with Crippen LogP contribution >= 0.6 is 0 Å². The van der Waals surface area contributed by atoms with Gasteiger partial charge in [-0.25, -0.2) is 4.79 Å². The number of hydrogen-bond acceptors (Lipinski definition) is 5. The Morgan fingerprint density at radius 2 is 1.82 bits per heavy atom. The summed E-state index contributed by atoms with van der Waals surface area (Å²) >= 11 is 0. The zero-order valence-corrected chi connectivity index (χ0v) is 20.0. The van der Waals surface area contributed by atoms with Crippen molar-refractivity contribution in [2.75, 3.05) is 13.1 Å². The molecule has 0 spiro atoms.